The van der Waals surface area contributed by atoms with Gasteiger partial charge in [0.15, 0.2) is 0 Å². The maximum atomic E-state index is 14.1. The van der Waals surface area contributed by atoms with Crippen LogP contribution in [0.2, 0.25) is 0 Å². The molecule has 3 aliphatic heterocycles. The summed E-state index contributed by atoms with van der Waals surface area (Å²) in [6.07, 6.45) is 2.45. The third-order valence-corrected chi connectivity index (χ3v) is 8.52. The average molecular weight is 506 g/mol. The second-order valence-corrected chi connectivity index (χ2v) is 10.4. The number of benzene rings is 3. The molecular formula is C31H27N3O4. The van der Waals surface area contributed by atoms with Crippen molar-refractivity contribution in [3.8, 4) is 12.1 Å². The number of imide groups is 1. The van der Waals surface area contributed by atoms with Crippen LogP contribution in [0.15, 0.2) is 66.7 Å². The van der Waals surface area contributed by atoms with E-state index in [1.165, 1.54) is 4.90 Å². The largest absolute Gasteiger partial charge is 0.377 e. The first-order chi connectivity index (χ1) is 18.5. The van der Waals surface area contributed by atoms with Crippen molar-refractivity contribution >= 4 is 28.3 Å². The number of amides is 2. The van der Waals surface area contributed by atoms with Crippen LogP contribution >= 0.6 is 0 Å². The van der Waals surface area contributed by atoms with E-state index in [0.29, 0.717) is 60.9 Å². The maximum Gasteiger partial charge on any atom is 0.240 e. The molecule has 190 valence electrons. The molecule has 0 unspecified atom stereocenters. The zero-order valence-electron chi connectivity index (χ0n) is 20.9. The summed E-state index contributed by atoms with van der Waals surface area (Å²) in [7, 11) is 0. The molecule has 3 heterocycles. The monoisotopic (exact) mass is 505 g/mol. The van der Waals surface area contributed by atoms with Gasteiger partial charge in [0.2, 0.25) is 11.8 Å². The van der Waals surface area contributed by atoms with Gasteiger partial charge in [-0.2, -0.15) is 10.5 Å². The summed E-state index contributed by atoms with van der Waals surface area (Å²) < 4.78 is 12.6. The van der Waals surface area contributed by atoms with Crippen molar-refractivity contribution in [3.05, 3.63) is 77.9 Å². The van der Waals surface area contributed by atoms with Crippen LogP contribution in [0.3, 0.4) is 0 Å². The number of nitriles is 2. The summed E-state index contributed by atoms with van der Waals surface area (Å²) in [5, 5.41) is 20.3. The van der Waals surface area contributed by atoms with Crippen molar-refractivity contribution in [2.24, 2.45) is 11.8 Å². The number of fused-ring (bicyclic) bond motifs is 6. The fraction of sp³-hybridized carbons (Fsp3) is 0.355. The Morgan fingerprint density at radius 2 is 1.53 bits per heavy atom. The van der Waals surface area contributed by atoms with Gasteiger partial charge < -0.3 is 9.47 Å². The van der Waals surface area contributed by atoms with Crippen molar-refractivity contribution in [2.75, 3.05) is 11.5 Å². The predicted octanol–water partition coefficient (Wildman–Crippen LogP) is 5.03. The fourth-order valence-corrected chi connectivity index (χ4v) is 6.85. The Labute approximate surface area is 221 Å². The Morgan fingerprint density at radius 1 is 0.868 bits per heavy atom. The van der Waals surface area contributed by atoms with Gasteiger partial charge in [0, 0.05) is 30.2 Å². The van der Waals surface area contributed by atoms with Crippen LogP contribution in [0.5, 0.6) is 0 Å². The molecule has 6 rings (SSSR count). The standard InChI is InChI=1S/C31H27N3O4/c32-17-6-13-30-14-15-31(38-30,16-18-37-20-21-7-2-1-3-8-21)27-26(30)28(35)34(29(27)36)25-12-11-22(19-33)23-9-4-5-10-24(23)25/h1-5,7-12,26-27H,6,13-16,18,20H2/t26-,27+,30+,31+/m0/s1. The Morgan fingerprint density at radius 3 is 2.21 bits per heavy atom. The molecule has 0 radical (unpaired) electrons. The normalized spacial score (nSPS) is 27.5. The average Bonchev–Trinajstić information content (AvgIpc) is 3.56. The van der Waals surface area contributed by atoms with E-state index in [2.05, 4.69) is 12.1 Å². The van der Waals surface area contributed by atoms with Gasteiger partial charge in [-0.15, -0.1) is 0 Å². The van der Waals surface area contributed by atoms with Crippen LogP contribution in [0.1, 0.15) is 43.2 Å². The fourth-order valence-electron chi connectivity index (χ4n) is 6.85. The van der Waals surface area contributed by atoms with Gasteiger partial charge in [0.05, 0.1) is 53.0 Å². The molecule has 3 aliphatic rings. The van der Waals surface area contributed by atoms with Crippen molar-refractivity contribution in [1.82, 2.24) is 0 Å². The highest BCUT2D eigenvalue weighted by molar-refractivity contribution is 6.26. The summed E-state index contributed by atoms with van der Waals surface area (Å²) in [6.45, 7) is 0.856. The molecule has 2 bridgehead atoms. The number of ether oxygens (including phenoxy) is 2. The van der Waals surface area contributed by atoms with Crippen molar-refractivity contribution in [2.45, 2.75) is 49.9 Å². The summed E-state index contributed by atoms with van der Waals surface area (Å²) in [5.41, 5.74) is 0.416. The van der Waals surface area contributed by atoms with Gasteiger partial charge >= 0.3 is 0 Å². The Balaban J connectivity index is 1.33. The van der Waals surface area contributed by atoms with E-state index < -0.39 is 23.0 Å². The lowest BCUT2D eigenvalue weighted by molar-refractivity contribution is -0.133. The van der Waals surface area contributed by atoms with Crippen molar-refractivity contribution in [1.29, 1.82) is 10.5 Å². The predicted molar refractivity (Wildman–Crippen MR) is 139 cm³/mol. The lowest BCUT2D eigenvalue weighted by atomic mass is 9.65. The van der Waals surface area contributed by atoms with Crippen LogP contribution in [-0.2, 0) is 25.7 Å². The van der Waals surface area contributed by atoms with Gasteiger partial charge in [-0.05, 0) is 37.0 Å². The zero-order valence-corrected chi connectivity index (χ0v) is 20.9. The zero-order chi connectivity index (χ0) is 26.3. The Hall–Kier alpha value is -4.04. The number of hydrogen-bond donors (Lipinski definition) is 0. The molecule has 3 fully saturated rings. The number of hydrogen-bond acceptors (Lipinski definition) is 6. The second kappa shape index (κ2) is 9.36. The lowest BCUT2D eigenvalue weighted by Crippen LogP contribution is -2.43. The van der Waals surface area contributed by atoms with Crippen molar-refractivity contribution in [3.63, 3.8) is 0 Å². The number of rotatable bonds is 8. The summed E-state index contributed by atoms with van der Waals surface area (Å²) in [4.78, 5) is 29.5. The first-order valence-electron chi connectivity index (χ1n) is 13.0. The third-order valence-electron chi connectivity index (χ3n) is 8.52. The molecule has 0 aromatic heterocycles. The molecule has 3 aromatic rings. The SMILES string of the molecule is N#CCC[C@]12CC[C@](CCOCc3ccccc3)(O1)[C@H]1C(=O)N(c3ccc(C#N)c4ccccc34)C(=O)[C@H]12. The molecule has 0 saturated carbocycles. The minimum Gasteiger partial charge on any atom is -0.377 e. The number of nitrogens with zero attached hydrogens (tertiary/aromatic N) is 3. The van der Waals surface area contributed by atoms with Crippen LogP contribution in [-0.4, -0.2) is 29.6 Å². The highest BCUT2D eigenvalue weighted by Gasteiger charge is 2.75. The molecule has 2 amide bonds. The van der Waals surface area contributed by atoms with E-state index in [4.69, 9.17) is 9.47 Å². The molecule has 0 spiro atoms. The van der Waals surface area contributed by atoms with Gasteiger partial charge in [0.25, 0.3) is 0 Å². The number of carbonyl (C=O) groups excluding carboxylic acids is 2. The molecule has 3 aromatic carbocycles. The van der Waals surface area contributed by atoms with Crippen molar-refractivity contribution < 1.29 is 19.1 Å². The summed E-state index contributed by atoms with van der Waals surface area (Å²) >= 11 is 0. The number of carbonyl (C=O) groups is 2. The highest BCUT2D eigenvalue weighted by atomic mass is 16.5. The molecule has 7 nitrogen and oxygen atoms in total. The van der Waals surface area contributed by atoms with E-state index in [1.54, 1.807) is 12.1 Å². The van der Waals surface area contributed by atoms with Gasteiger partial charge in [0.1, 0.15) is 0 Å². The lowest BCUT2D eigenvalue weighted by Gasteiger charge is -2.31. The molecule has 0 aliphatic carbocycles. The first kappa shape index (κ1) is 24.3. The second-order valence-electron chi connectivity index (χ2n) is 10.4. The van der Waals surface area contributed by atoms with E-state index >= 15 is 0 Å². The van der Waals surface area contributed by atoms with E-state index in [1.807, 2.05) is 54.6 Å². The Bertz CT molecular complexity index is 1510. The molecule has 7 heteroatoms. The molecule has 0 N–H and O–H groups in total. The third kappa shape index (κ3) is 3.62. The number of anilines is 1. The van der Waals surface area contributed by atoms with Gasteiger partial charge in [-0.25, -0.2) is 4.90 Å². The van der Waals surface area contributed by atoms with E-state index in [9.17, 15) is 20.1 Å². The van der Waals surface area contributed by atoms with Crippen LogP contribution < -0.4 is 4.90 Å². The topological polar surface area (TPSA) is 103 Å². The summed E-state index contributed by atoms with van der Waals surface area (Å²) in [6, 6.07) is 25.0. The van der Waals surface area contributed by atoms with Crippen LogP contribution in [0.4, 0.5) is 5.69 Å². The highest BCUT2D eigenvalue weighted by Crippen LogP contribution is 2.64. The minimum atomic E-state index is -0.830. The molecular weight excluding hydrogens is 478 g/mol. The molecule has 4 atom stereocenters. The molecule has 38 heavy (non-hydrogen) atoms. The smallest absolute Gasteiger partial charge is 0.240 e. The van der Waals surface area contributed by atoms with E-state index in [0.717, 1.165) is 5.56 Å². The van der Waals surface area contributed by atoms with Crippen LogP contribution in [0, 0.1) is 34.5 Å². The summed E-state index contributed by atoms with van der Waals surface area (Å²) in [5.74, 6) is -1.81. The van der Waals surface area contributed by atoms with Gasteiger partial charge in [-0.3, -0.25) is 9.59 Å². The molecule has 3 saturated heterocycles. The van der Waals surface area contributed by atoms with E-state index in [-0.39, 0.29) is 18.2 Å². The van der Waals surface area contributed by atoms with Gasteiger partial charge in [-0.1, -0.05) is 54.6 Å². The quantitative estimate of drug-likeness (QED) is 0.314. The van der Waals surface area contributed by atoms with Crippen LogP contribution in [0.25, 0.3) is 10.8 Å². The minimum absolute atomic E-state index is 0.255. The first-order valence-corrected chi connectivity index (χ1v) is 13.0. The maximum absolute atomic E-state index is 14.1. The Kier molecular flexibility index (Phi) is 5.99.